The Balaban J connectivity index is 1.48. The summed E-state index contributed by atoms with van der Waals surface area (Å²) in [5.74, 6) is 0.581. The van der Waals surface area contributed by atoms with Crippen molar-refractivity contribution in [3.8, 4) is 11.5 Å². The molecule has 0 unspecified atom stereocenters. The molecule has 2 aliphatic rings. The van der Waals surface area contributed by atoms with Crippen LogP contribution in [0.5, 0.6) is 11.5 Å². The van der Waals surface area contributed by atoms with Gasteiger partial charge in [0.1, 0.15) is 5.54 Å². The molecule has 1 atom stereocenters. The molecule has 0 radical (unpaired) electrons. The summed E-state index contributed by atoms with van der Waals surface area (Å²) in [6, 6.07) is 12.6. The highest BCUT2D eigenvalue weighted by molar-refractivity contribution is 6.32. The first-order valence-electron chi connectivity index (χ1n) is 8.80. The van der Waals surface area contributed by atoms with Crippen LogP contribution in [0.15, 0.2) is 47.6 Å². The van der Waals surface area contributed by atoms with Gasteiger partial charge in [-0.15, -0.1) is 5.01 Å². The van der Waals surface area contributed by atoms with Gasteiger partial charge in [-0.3, -0.25) is 4.79 Å². The van der Waals surface area contributed by atoms with Crippen LogP contribution in [0.25, 0.3) is 0 Å². The van der Waals surface area contributed by atoms with Crippen LogP contribution in [0.2, 0.25) is 5.02 Å². The van der Waals surface area contributed by atoms with Crippen molar-refractivity contribution in [1.82, 2.24) is 10.3 Å². The molecule has 1 saturated heterocycles. The van der Waals surface area contributed by atoms with Crippen molar-refractivity contribution in [2.24, 2.45) is 5.10 Å². The summed E-state index contributed by atoms with van der Waals surface area (Å²) in [6.45, 7) is 1.81. The van der Waals surface area contributed by atoms with Crippen LogP contribution >= 0.6 is 11.6 Å². The number of carbonyl (C=O) groups excluding carboxylic acids is 2. The third kappa shape index (κ3) is 3.41. The maximum absolute atomic E-state index is 12.8. The molecule has 2 heterocycles. The number of urea groups is 1. The number of amides is 3. The summed E-state index contributed by atoms with van der Waals surface area (Å²) >= 11 is 6.15. The first-order valence-corrected chi connectivity index (χ1v) is 9.18. The summed E-state index contributed by atoms with van der Waals surface area (Å²) in [6.07, 6.45) is 2.54. The largest absolute Gasteiger partial charge is 0.454 e. The van der Waals surface area contributed by atoms with Gasteiger partial charge in [0.25, 0.3) is 5.91 Å². The average molecular weight is 400 g/mol. The highest BCUT2D eigenvalue weighted by Crippen LogP contribution is 2.39. The number of nitrogens with one attached hydrogen (secondary N) is 1. The highest BCUT2D eigenvalue weighted by atomic mass is 35.5. The van der Waals surface area contributed by atoms with E-state index in [1.807, 2.05) is 30.3 Å². The van der Waals surface area contributed by atoms with Crippen LogP contribution in [0.1, 0.15) is 24.5 Å². The first kappa shape index (κ1) is 18.3. The zero-order valence-electron chi connectivity index (χ0n) is 15.1. The van der Waals surface area contributed by atoms with E-state index in [1.165, 1.54) is 6.21 Å². The Bertz CT molecular complexity index is 963. The van der Waals surface area contributed by atoms with Gasteiger partial charge in [-0.1, -0.05) is 41.9 Å². The monoisotopic (exact) mass is 399 g/mol. The summed E-state index contributed by atoms with van der Waals surface area (Å²) < 4.78 is 10.6. The normalized spacial score (nSPS) is 20.9. The van der Waals surface area contributed by atoms with Crippen molar-refractivity contribution in [3.63, 3.8) is 0 Å². The molecule has 4 rings (SSSR count). The Labute approximate surface area is 166 Å². The lowest BCUT2D eigenvalue weighted by Crippen LogP contribution is -2.44. The van der Waals surface area contributed by atoms with Crippen LogP contribution in [-0.2, 0) is 11.2 Å². The summed E-state index contributed by atoms with van der Waals surface area (Å²) in [5, 5.41) is 8.03. The third-order valence-corrected chi connectivity index (χ3v) is 5.05. The molecular weight excluding hydrogens is 382 g/mol. The Kier molecular flexibility index (Phi) is 4.68. The number of hydrogen-bond acceptors (Lipinski definition) is 5. The van der Waals surface area contributed by atoms with Gasteiger partial charge in [-0.2, -0.15) is 5.10 Å². The number of rotatable bonds is 5. The molecule has 1 fully saturated rings. The topological polar surface area (TPSA) is 80.2 Å². The molecule has 0 spiro atoms. The molecule has 144 valence electrons. The van der Waals surface area contributed by atoms with E-state index in [0.717, 1.165) is 10.6 Å². The maximum Gasteiger partial charge on any atom is 0.346 e. The molecule has 2 aromatic rings. The number of nitrogens with zero attached hydrogens (tertiary/aromatic N) is 2. The van der Waals surface area contributed by atoms with Gasteiger partial charge in [-0.25, -0.2) is 4.79 Å². The lowest BCUT2D eigenvalue weighted by molar-refractivity contribution is -0.130. The van der Waals surface area contributed by atoms with Crippen molar-refractivity contribution in [2.45, 2.75) is 25.3 Å². The number of imide groups is 1. The molecule has 0 aromatic heterocycles. The quantitative estimate of drug-likeness (QED) is 0.617. The molecule has 0 aliphatic carbocycles. The van der Waals surface area contributed by atoms with E-state index in [9.17, 15) is 9.59 Å². The summed E-state index contributed by atoms with van der Waals surface area (Å²) in [7, 11) is 0. The molecule has 2 aliphatic heterocycles. The standard InChI is InChI=1S/C20H18ClN3O4/c1-20(8-7-13-5-3-2-4-6-13)18(25)24(19(26)23-20)22-11-14-9-15(21)17-16(10-14)27-12-28-17/h2-6,9-11H,7-8,12H2,1H3,(H,23,26)/b22-11-/t20-/m0/s1. The fourth-order valence-electron chi connectivity index (χ4n) is 3.17. The maximum atomic E-state index is 12.8. The number of halogens is 1. The molecule has 3 amide bonds. The molecule has 0 bridgehead atoms. The molecule has 7 nitrogen and oxygen atoms in total. The number of benzene rings is 2. The Hall–Kier alpha value is -3.06. The van der Waals surface area contributed by atoms with E-state index in [-0.39, 0.29) is 6.79 Å². The van der Waals surface area contributed by atoms with E-state index < -0.39 is 17.5 Å². The minimum absolute atomic E-state index is 0.0996. The number of aryl methyl sites for hydroxylation is 1. The Morgan fingerprint density at radius 2 is 2.04 bits per heavy atom. The number of carbonyl (C=O) groups is 2. The zero-order valence-corrected chi connectivity index (χ0v) is 15.9. The number of hydrogen-bond donors (Lipinski definition) is 1. The second-order valence-electron chi connectivity index (χ2n) is 6.85. The fraction of sp³-hybridized carbons (Fsp3) is 0.250. The minimum Gasteiger partial charge on any atom is -0.454 e. The van der Waals surface area contributed by atoms with Crippen LogP contribution in [0, 0.1) is 0 Å². The van der Waals surface area contributed by atoms with Crippen molar-refractivity contribution in [3.05, 3.63) is 58.6 Å². The predicted octanol–water partition coefficient (Wildman–Crippen LogP) is 3.35. The van der Waals surface area contributed by atoms with Crippen molar-refractivity contribution in [1.29, 1.82) is 0 Å². The van der Waals surface area contributed by atoms with E-state index in [2.05, 4.69) is 10.4 Å². The van der Waals surface area contributed by atoms with Gasteiger partial charge in [0.2, 0.25) is 6.79 Å². The second kappa shape index (κ2) is 7.16. The van der Waals surface area contributed by atoms with E-state index in [1.54, 1.807) is 19.1 Å². The number of ether oxygens (including phenoxy) is 2. The van der Waals surface area contributed by atoms with Crippen LogP contribution in [-0.4, -0.2) is 35.5 Å². The molecule has 1 N–H and O–H groups in total. The molecule has 0 saturated carbocycles. The van der Waals surface area contributed by atoms with E-state index in [4.69, 9.17) is 21.1 Å². The summed E-state index contributed by atoms with van der Waals surface area (Å²) in [5.41, 5.74) is 0.687. The SMILES string of the molecule is C[C@@]1(CCc2ccccc2)NC(=O)N(/N=C\c2cc(Cl)c3c(c2)OCO3)C1=O. The Morgan fingerprint density at radius 1 is 1.25 bits per heavy atom. The van der Waals surface area contributed by atoms with Crippen LogP contribution in [0.4, 0.5) is 4.79 Å². The average Bonchev–Trinajstić information content (AvgIpc) is 3.24. The number of fused-ring (bicyclic) bond motifs is 1. The van der Waals surface area contributed by atoms with Gasteiger partial charge in [0.05, 0.1) is 11.2 Å². The first-order chi connectivity index (χ1) is 13.5. The van der Waals surface area contributed by atoms with Gasteiger partial charge < -0.3 is 14.8 Å². The van der Waals surface area contributed by atoms with E-state index in [0.29, 0.717) is 34.9 Å². The van der Waals surface area contributed by atoms with Crippen LogP contribution < -0.4 is 14.8 Å². The third-order valence-electron chi connectivity index (χ3n) is 4.77. The fourth-order valence-corrected chi connectivity index (χ4v) is 3.44. The lowest BCUT2D eigenvalue weighted by Gasteiger charge is -2.20. The van der Waals surface area contributed by atoms with Crippen LogP contribution in [0.3, 0.4) is 0 Å². The van der Waals surface area contributed by atoms with E-state index >= 15 is 0 Å². The lowest BCUT2D eigenvalue weighted by atomic mass is 9.93. The Morgan fingerprint density at radius 3 is 2.82 bits per heavy atom. The van der Waals surface area contributed by atoms with Gasteiger partial charge in [0.15, 0.2) is 11.5 Å². The smallest absolute Gasteiger partial charge is 0.346 e. The summed E-state index contributed by atoms with van der Waals surface area (Å²) in [4.78, 5) is 25.1. The number of hydrazone groups is 1. The zero-order chi connectivity index (χ0) is 19.7. The molecule has 8 heteroatoms. The van der Waals surface area contributed by atoms with Crippen molar-refractivity contribution in [2.75, 3.05) is 6.79 Å². The van der Waals surface area contributed by atoms with Gasteiger partial charge in [-0.05, 0) is 43.0 Å². The molecule has 2 aromatic carbocycles. The van der Waals surface area contributed by atoms with Gasteiger partial charge >= 0.3 is 6.03 Å². The molecule has 28 heavy (non-hydrogen) atoms. The van der Waals surface area contributed by atoms with Crippen molar-refractivity contribution < 1.29 is 19.1 Å². The van der Waals surface area contributed by atoms with Crippen molar-refractivity contribution >= 4 is 29.8 Å². The predicted molar refractivity (Wildman–Crippen MR) is 104 cm³/mol. The van der Waals surface area contributed by atoms with Gasteiger partial charge in [0, 0.05) is 0 Å². The second-order valence-corrected chi connectivity index (χ2v) is 7.25. The highest BCUT2D eigenvalue weighted by Gasteiger charge is 2.47. The molecular formula is C20H18ClN3O4. The minimum atomic E-state index is -1.00.